The molecule has 2 aromatic carbocycles. The van der Waals surface area contributed by atoms with E-state index in [0.29, 0.717) is 12.5 Å². The summed E-state index contributed by atoms with van der Waals surface area (Å²) in [6.45, 7) is 5.02. The summed E-state index contributed by atoms with van der Waals surface area (Å²) < 4.78 is 11.5. The first-order chi connectivity index (χ1) is 12.2. The number of rotatable bonds is 5. The summed E-state index contributed by atoms with van der Waals surface area (Å²) in [6.07, 6.45) is 3.13. The van der Waals surface area contributed by atoms with E-state index >= 15 is 0 Å². The van der Waals surface area contributed by atoms with Gasteiger partial charge in [0.1, 0.15) is 18.1 Å². The lowest BCUT2D eigenvalue weighted by Gasteiger charge is -2.19. The summed E-state index contributed by atoms with van der Waals surface area (Å²) in [4.78, 5) is 5.02. The topological polar surface area (TPSA) is 30.8 Å². The summed E-state index contributed by atoms with van der Waals surface area (Å²) in [5.41, 5.74) is 3.09. The van der Waals surface area contributed by atoms with Gasteiger partial charge in [0, 0.05) is 11.6 Å². The zero-order chi connectivity index (χ0) is 17.6. The highest BCUT2D eigenvalue weighted by molar-refractivity contribution is 6.12. The lowest BCUT2D eigenvalue weighted by Crippen LogP contribution is -2.21. The Kier molecular flexibility index (Phi) is 5.54. The number of ether oxygens (including phenoxy) is 2. The smallest absolute Gasteiger partial charge is 0.128 e. The van der Waals surface area contributed by atoms with Crippen LogP contribution in [0.15, 0.2) is 65.7 Å². The predicted molar refractivity (Wildman–Crippen MR) is 103 cm³/mol. The Hall–Kier alpha value is -2.55. The molecule has 2 atom stereocenters. The first kappa shape index (κ1) is 17.3. The molecule has 0 fully saturated rings. The van der Waals surface area contributed by atoms with E-state index in [2.05, 4.69) is 26.0 Å². The molecule has 0 aliphatic carbocycles. The third-order valence-electron chi connectivity index (χ3n) is 4.71. The molecule has 0 radical (unpaired) electrons. The lowest BCUT2D eigenvalue weighted by atomic mass is 10.00. The van der Waals surface area contributed by atoms with Crippen molar-refractivity contribution in [2.75, 3.05) is 13.7 Å². The molecule has 0 saturated carbocycles. The van der Waals surface area contributed by atoms with E-state index in [0.717, 1.165) is 34.8 Å². The summed E-state index contributed by atoms with van der Waals surface area (Å²) in [5, 5.41) is 0. The van der Waals surface area contributed by atoms with Gasteiger partial charge in [-0.25, -0.2) is 0 Å². The molecule has 0 saturated heterocycles. The quantitative estimate of drug-likeness (QED) is 0.772. The van der Waals surface area contributed by atoms with E-state index in [1.807, 2.05) is 48.5 Å². The van der Waals surface area contributed by atoms with Crippen LogP contribution in [0.2, 0.25) is 0 Å². The largest absolute Gasteiger partial charge is 0.497 e. The van der Waals surface area contributed by atoms with E-state index in [1.54, 1.807) is 7.11 Å². The molecule has 1 aliphatic heterocycles. The zero-order valence-electron chi connectivity index (χ0n) is 15.1. The van der Waals surface area contributed by atoms with Gasteiger partial charge in [-0.3, -0.25) is 4.99 Å². The number of hydrogen-bond donors (Lipinski definition) is 0. The molecule has 3 heteroatoms. The Morgan fingerprint density at radius 2 is 1.88 bits per heavy atom. The van der Waals surface area contributed by atoms with Crippen LogP contribution in [0.5, 0.6) is 5.75 Å². The highest BCUT2D eigenvalue weighted by Crippen LogP contribution is 2.26. The van der Waals surface area contributed by atoms with E-state index in [4.69, 9.17) is 14.5 Å². The van der Waals surface area contributed by atoms with Gasteiger partial charge in [-0.2, -0.15) is 0 Å². The Bertz CT molecular complexity index is 765. The highest BCUT2D eigenvalue weighted by Gasteiger charge is 2.21. The Morgan fingerprint density at radius 3 is 2.60 bits per heavy atom. The minimum Gasteiger partial charge on any atom is -0.497 e. The minimum atomic E-state index is 0.152. The second-order valence-electron chi connectivity index (χ2n) is 6.38. The Morgan fingerprint density at radius 1 is 1.12 bits per heavy atom. The summed E-state index contributed by atoms with van der Waals surface area (Å²) in [6, 6.07) is 18.4. The maximum Gasteiger partial charge on any atom is 0.128 e. The molecule has 0 aromatic heterocycles. The molecule has 3 rings (SSSR count). The average Bonchev–Trinajstić information content (AvgIpc) is 2.91. The van der Waals surface area contributed by atoms with Crippen LogP contribution in [-0.4, -0.2) is 25.5 Å². The van der Waals surface area contributed by atoms with Crippen LogP contribution in [0, 0.1) is 5.92 Å². The molecule has 2 aromatic rings. The molecule has 0 bridgehead atoms. The number of nitrogens with zero attached hydrogens (tertiary/aromatic N) is 1. The molecule has 0 N–H and O–H groups in total. The third kappa shape index (κ3) is 4.11. The van der Waals surface area contributed by atoms with Crippen molar-refractivity contribution in [3.05, 3.63) is 71.8 Å². The van der Waals surface area contributed by atoms with Gasteiger partial charge in [0.05, 0.1) is 18.9 Å². The molecule has 130 valence electrons. The minimum absolute atomic E-state index is 0.152. The van der Waals surface area contributed by atoms with Crippen molar-refractivity contribution in [2.45, 2.75) is 26.3 Å². The first-order valence-corrected chi connectivity index (χ1v) is 8.83. The fourth-order valence-corrected chi connectivity index (χ4v) is 2.87. The van der Waals surface area contributed by atoms with Gasteiger partial charge >= 0.3 is 0 Å². The molecule has 1 unspecified atom stereocenters. The Balaban J connectivity index is 2.01. The number of benzene rings is 2. The SMILES string of the molecule is CCC(C)[C@H]1COC(c2cccc(OC)c2)=CC(c2ccccc2)=N1. The van der Waals surface area contributed by atoms with Gasteiger partial charge in [0.2, 0.25) is 0 Å². The van der Waals surface area contributed by atoms with E-state index in [-0.39, 0.29) is 6.04 Å². The first-order valence-electron chi connectivity index (χ1n) is 8.83. The van der Waals surface area contributed by atoms with Crippen molar-refractivity contribution in [3.63, 3.8) is 0 Å². The molecular formula is C22H25NO2. The van der Waals surface area contributed by atoms with E-state index < -0.39 is 0 Å². The maximum atomic E-state index is 6.17. The van der Waals surface area contributed by atoms with Crippen LogP contribution in [0.25, 0.3) is 5.76 Å². The molecule has 1 heterocycles. The average molecular weight is 335 g/mol. The molecule has 0 amide bonds. The fraction of sp³-hybridized carbons (Fsp3) is 0.318. The van der Waals surface area contributed by atoms with Gasteiger partial charge in [-0.1, -0.05) is 62.7 Å². The predicted octanol–water partition coefficient (Wildman–Crippen LogP) is 4.97. The van der Waals surface area contributed by atoms with Crippen molar-refractivity contribution in [2.24, 2.45) is 10.9 Å². The van der Waals surface area contributed by atoms with Gasteiger partial charge in [-0.15, -0.1) is 0 Å². The van der Waals surface area contributed by atoms with Crippen molar-refractivity contribution in [1.29, 1.82) is 0 Å². The molecule has 3 nitrogen and oxygen atoms in total. The highest BCUT2D eigenvalue weighted by atomic mass is 16.5. The van der Waals surface area contributed by atoms with Crippen LogP contribution in [0.1, 0.15) is 31.4 Å². The number of aliphatic imine (C=N–C) groups is 1. The normalized spacial score (nSPS) is 18.4. The summed E-state index contributed by atoms with van der Waals surface area (Å²) in [7, 11) is 1.68. The standard InChI is InChI=1S/C22H25NO2/c1-4-16(2)21-15-25-22(18-11-8-12-19(13-18)24-3)14-20(23-21)17-9-6-5-7-10-17/h5-14,16,21H,4,15H2,1-3H3/t16?,21-/m1/s1. The monoisotopic (exact) mass is 335 g/mol. The second-order valence-corrected chi connectivity index (χ2v) is 6.38. The van der Waals surface area contributed by atoms with Crippen LogP contribution in [-0.2, 0) is 4.74 Å². The fourth-order valence-electron chi connectivity index (χ4n) is 2.87. The van der Waals surface area contributed by atoms with Crippen molar-refractivity contribution in [1.82, 2.24) is 0 Å². The number of allylic oxidation sites excluding steroid dienone is 1. The van der Waals surface area contributed by atoms with Crippen molar-refractivity contribution in [3.8, 4) is 5.75 Å². The van der Waals surface area contributed by atoms with Gasteiger partial charge < -0.3 is 9.47 Å². The lowest BCUT2D eigenvalue weighted by molar-refractivity contribution is 0.224. The van der Waals surface area contributed by atoms with Gasteiger partial charge in [-0.05, 0) is 23.6 Å². The molecular weight excluding hydrogens is 310 g/mol. The third-order valence-corrected chi connectivity index (χ3v) is 4.71. The van der Waals surface area contributed by atoms with E-state index in [1.165, 1.54) is 0 Å². The Labute approximate surface area is 150 Å². The zero-order valence-corrected chi connectivity index (χ0v) is 15.1. The molecule has 1 aliphatic rings. The second kappa shape index (κ2) is 8.02. The van der Waals surface area contributed by atoms with Crippen LogP contribution in [0.3, 0.4) is 0 Å². The summed E-state index contributed by atoms with van der Waals surface area (Å²) in [5.74, 6) is 2.13. The summed E-state index contributed by atoms with van der Waals surface area (Å²) >= 11 is 0. The van der Waals surface area contributed by atoms with Crippen LogP contribution < -0.4 is 4.74 Å². The molecule has 0 spiro atoms. The van der Waals surface area contributed by atoms with E-state index in [9.17, 15) is 0 Å². The van der Waals surface area contributed by atoms with Crippen molar-refractivity contribution >= 4 is 11.5 Å². The van der Waals surface area contributed by atoms with Gasteiger partial charge in [0.25, 0.3) is 0 Å². The van der Waals surface area contributed by atoms with Crippen LogP contribution >= 0.6 is 0 Å². The van der Waals surface area contributed by atoms with Gasteiger partial charge in [0.15, 0.2) is 0 Å². The van der Waals surface area contributed by atoms with Crippen LogP contribution in [0.4, 0.5) is 0 Å². The molecule has 25 heavy (non-hydrogen) atoms. The maximum absolute atomic E-state index is 6.17. The number of methoxy groups -OCH3 is 1. The number of hydrogen-bond acceptors (Lipinski definition) is 3. The van der Waals surface area contributed by atoms with Crippen molar-refractivity contribution < 1.29 is 9.47 Å².